The van der Waals surface area contributed by atoms with Crippen LogP contribution in [0.15, 0.2) is 47.4 Å². The van der Waals surface area contributed by atoms with Crippen molar-refractivity contribution in [2.24, 2.45) is 0 Å². The molecule has 3 heterocycles. The van der Waals surface area contributed by atoms with Crippen LogP contribution in [0.1, 0.15) is 16.8 Å². The van der Waals surface area contributed by atoms with Crippen LogP contribution >= 0.6 is 11.6 Å². The van der Waals surface area contributed by atoms with Gasteiger partial charge in [-0.15, -0.1) is 0 Å². The van der Waals surface area contributed by atoms with Crippen LogP contribution in [0.5, 0.6) is 0 Å². The lowest BCUT2D eigenvalue weighted by Crippen LogP contribution is -2.20. The van der Waals surface area contributed by atoms with Crippen molar-refractivity contribution in [2.45, 2.75) is 20.0 Å². The quantitative estimate of drug-likeness (QED) is 0.196. The molecule has 0 atom stereocenters. The van der Waals surface area contributed by atoms with E-state index in [1.54, 1.807) is 26.0 Å². The van der Waals surface area contributed by atoms with Crippen molar-refractivity contribution >= 4 is 52.4 Å². The number of nitrogens with one attached hydrogen (secondary N) is 6. The molecule has 0 aliphatic carbocycles. The Hall–Kier alpha value is -4.59. The van der Waals surface area contributed by atoms with Gasteiger partial charge in [0.05, 0.1) is 22.5 Å². The average Bonchev–Trinajstić information content (AvgIpc) is 3.20. The third-order valence-corrected chi connectivity index (χ3v) is 5.14. The topological polar surface area (TPSA) is 153 Å². The second-order valence-electron chi connectivity index (χ2n) is 7.80. The number of hydrogen-bond acceptors (Lipinski definition) is 7. The molecule has 0 saturated heterocycles. The van der Waals surface area contributed by atoms with Gasteiger partial charge in [0.2, 0.25) is 5.95 Å². The van der Waals surface area contributed by atoms with Crippen LogP contribution in [0.25, 0.3) is 0 Å². The molecule has 4 rings (SSSR count). The van der Waals surface area contributed by atoms with Gasteiger partial charge in [-0.25, -0.2) is 14.8 Å². The van der Waals surface area contributed by atoms with Gasteiger partial charge >= 0.3 is 12.2 Å². The Morgan fingerprint density at radius 3 is 2.41 bits per heavy atom. The van der Waals surface area contributed by atoms with E-state index in [1.807, 2.05) is 0 Å². The molecule has 3 aromatic heterocycles. The van der Waals surface area contributed by atoms with Crippen molar-refractivity contribution in [3.05, 3.63) is 74.8 Å². The summed E-state index contributed by atoms with van der Waals surface area (Å²) in [4.78, 5) is 36.5. The van der Waals surface area contributed by atoms with Gasteiger partial charge in [-0.2, -0.15) is 18.2 Å². The SMILES string of the molecule is Cc1cc(Nc2cc(=O)[nH][nH]2)nc(Nc2ncc(NC(=O)Nc3ccc(Cl)c(C(F)(F)F)c3)cc2C)n1. The highest BCUT2D eigenvalue weighted by atomic mass is 35.5. The van der Waals surface area contributed by atoms with Gasteiger partial charge < -0.3 is 21.3 Å². The first kappa shape index (κ1) is 25.5. The molecule has 0 bridgehead atoms. The van der Waals surface area contributed by atoms with E-state index in [2.05, 4.69) is 46.4 Å². The summed E-state index contributed by atoms with van der Waals surface area (Å²) in [6, 6.07) is 6.91. The second-order valence-corrected chi connectivity index (χ2v) is 8.21. The molecule has 1 aromatic carbocycles. The number of urea groups is 1. The normalized spacial score (nSPS) is 11.2. The lowest BCUT2D eigenvalue weighted by Gasteiger charge is -2.13. The Kier molecular flexibility index (Phi) is 7.02. The van der Waals surface area contributed by atoms with E-state index < -0.39 is 22.8 Å². The number of benzene rings is 1. The standard InChI is InChI=1S/C22H19ClF3N9O2/c1-10-5-13(30-21(37)29-12-3-4-15(23)14(7-12)22(24,25)26)9-27-19(10)33-20-28-11(2)6-16(32-20)31-17-8-18(36)35-34-17/h3-9H,1-2H3,(H2,29,30,37)(H4,27,28,31,32,33,34,35,36). The number of H-pyrrole nitrogens is 2. The molecule has 15 heteroatoms. The molecule has 37 heavy (non-hydrogen) atoms. The van der Waals surface area contributed by atoms with E-state index in [-0.39, 0.29) is 17.2 Å². The Balaban J connectivity index is 1.43. The predicted octanol–water partition coefficient (Wildman–Crippen LogP) is 5.31. The summed E-state index contributed by atoms with van der Waals surface area (Å²) in [5.74, 6) is 1.49. The molecule has 0 aliphatic heterocycles. The molecule has 0 fully saturated rings. The fourth-order valence-electron chi connectivity index (χ4n) is 3.22. The number of pyridine rings is 1. The first-order valence-electron chi connectivity index (χ1n) is 10.5. The molecule has 6 N–H and O–H groups in total. The summed E-state index contributed by atoms with van der Waals surface area (Å²) in [6.45, 7) is 3.49. The molecule has 0 unspecified atom stereocenters. The van der Waals surface area contributed by atoms with Gasteiger partial charge in [0.25, 0.3) is 5.56 Å². The maximum absolute atomic E-state index is 13.0. The zero-order chi connectivity index (χ0) is 26.7. The highest BCUT2D eigenvalue weighted by Gasteiger charge is 2.33. The number of carbonyl (C=O) groups is 1. The Labute approximate surface area is 211 Å². The summed E-state index contributed by atoms with van der Waals surface area (Å²) in [5, 5.41) is 15.4. The van der Waals surface area contributed by atoms with E-state index in [9.17, 15) is 22.8 Å². The lowest BCUT2D eigenvalue weighted by molar-refractivity contribution is -0.137. The monoisotopic (exact) mass is 533 g/mol. The van der Waals surface area contributed by atoms with Crippen molar-refractivity contribution in [3.63, 3.8) is 0 Å². The maximum atomic E-state index is 13.0. The van der Waals surface area contributed by atoms with Crippen LogP contribution in [-0.4, -0.2) is 31.2 Å². The number of alkyl halides is 3. The molecular weight excluding hydrogens is 515 g/mol. The van der Waals surface area contributed by atoms with Crippen LogP contribution in [0.2, 0.25) is 5.02 Å². The smallest absolute Gasteiger partial charge is 0.325 e. The number of rotatable bonds is 6. The number of hydrogen-bond donors (Lipinski definition) is 6. The van der Waals surface area contributed by atoms with Gasteiger partial charge in [0.15, 0.2) is 0 Å². The van der Waals surface area contributed by atoms with E-state index in [0.717, 1.165) is 12.1 Å². The minimum Gasteiger partial charge on any atom is -0.325 e. The van der Waals surface area contributed by atoms with Gasteiger partial charge in [-0.1, -0.05) is 11.6 Å². The molecule has 192 valence electrons. The molecule has 4 aromatic rings. The van der Waals surface area contributed by atoms with Crippen molar-refractivity contribution < 1.29 is 18.0 Å². The number of aromatic amines is 2. The zero-order valence-corrected chi connectivity index (χ0v) is 20.0. The fraction of sp³-hybridized carbons (Fsp3) is 0.136. The number of aromatic nitrogens is 5. The van der Waals surface area contributed by atoms with E-state index >= 15 is 0 Å². The van der Waals surface area contributed by atoms with E-state index in [0.29, 0.717) is 34.4 Å². The van der Waals surface area contributed by atoms with Gasteiger partial charge in [0, 0.05) is 23.5 Å². The van der Waals surface area contributed by atoms with Gasteiger partial charge in [-0.3, -0.25) is 15.0 Å². The molecule has 0 spiro atoms. The number of halogens is 4. The molecule has 11 nitrogen and oxygen atoms in total. The highest BCUT2D eigenvalue weighted by molar-refractivity contribution is 6.31. The van der Waals surface area contributed by atoms with Crippen LogP contribution in [-0.2, 0) is 6.18 Å². The summed E-state index contributed by atoms with van der Waals surface area (Å²) < 4.78 is 39.1. The molecule has 0 saturated carbocycles. The minimum atomic E-state index is -4.66. The third kappa shape index (κ3) is 6.55. The minimum absolute atomic E-state index is 0.0816. The Morgan fingerprint density at radius 1 is 0.973 bits per heavy atom. The van der Waals surface area contributed by atoms with Crippen molar-refractivity contribution in [1.29, 1.82) is 0 Å². The number of amides is 2. The fourth-order valence-corrected chi connectivity index (χ4v) is 3.44. The largest absolute Gasteiger partial charge is 0.417 e. The molecule has 0 aliphatic rings. The molecule has 0 radical (unpaired) electrons. The second kappa shape index (κ2) is 10.2. The first-order valence-corrected chi connectivity index (χ1v) is 10.9. The van der Waals surface area contributed by atoms with E-state index in [4.69, 9.17) is 11.6 Å². The van der Waals surface area contributed by atoms with Gasteiger partial charge in [0.1, 0.15) is 17.5 Å². The first-order chi connectivity index (χ1) is 17.5. The summed E-state index contributed by atoms with van der Waals surface area (Å²) >= 11 is 5.60. The molecule has 2 amide bonds. The molecular formula is C22H19ClF3N9O2. The van der Waals surface area contributed by atoms with Crippen LogP contribution in [0.4, 0.5) is 52.7 Å². The highest BCUT2D eigenvalue weighted by Crippen LogP contribution is 2.36. The zero-order valence-electron chi connectivity index (χ0n) is 19.2. The van der Waals surface area contributed by atoms with E-state index in [1.165, 1.54) is 18.3 Å². The van der Waals surface area contributed by atoms with Crippen LogP contribution in [0, 0.1) is 13.8 Å². The predicted molar refractivity (Wildman–Crippen MR) is 133 cm³/mol. The lowest BCUT2D eigenvalue weighted by atomic mass is 10.2. The van der Waals surface area contributed by atoms with Crippen LogP contribution in [0.3, 0.4) is 0 Å². The van der Waals surface area contributed by atoms with Crippen molar-refractivity contribution in [2.75, 3.05) is 21.3 Å². The third-order valence-electron chi connectivity index (χ3n) is 4.81. The number of nitrogens with zero attached hydrogens (tertiary/aromatic N) is 3. The Morgan fingerprint density at radius 2 is 1.73 bits per heavy atom. The number of aryl methyl sites for hydroxylation is 2. The Bertz CT molecular complexity index is 1520. The summed E-state index contributed by atoms with van der Waals surface area (Å²) in [7, 11) is 0. The number of anilines is 6. The van der Waals surface area contributed by atoms with Crippen molar-refractivity contribution in [1.82, 2.24) is 25.1 Å². The van der Waals surface area contributed by atoms with Gasteiger partial charge in [-0.05, 0) is 43.7 Å². The summed E-state index contributed by atoms with van der Waals surface area (Å²) in [5.41, 5.74) is 0.127. The average molecular weight is 534 g/mol. The summed E-state index contributed by atoms with van der Waals surface area (Å²) in [6.07, 6.45) is -3.30. The maximum Gasteiger partial charge on any atom is 0.417 e. The van der Waals surface area contributed by atoms with Crippen molar-refractivity contribution in [3.8, 4) is 0 Å². The van der Waals surface area contributed by atoms with Crippen LogP contribution < -0.4 is 26.8 Å². The number of carbonyl (C=O) groups excluding carboxylic acids is 1.